The van der Waals surface area contributed by atoms with Crippen LogP contribution in [0.25, 0.3) is 11.0 Å². The van der Waals surface area contributed by atoms with Gasteiger partial charge in [0.1, 0.15) is 5.58 Å². The minimum Gasteiger partial charge on any atom is -0.464 e. The zero-order valence-electron chi connectivity index (χ0n) is 9.41. The van der Waals surface area contributed by atoms with Gasteiger partial charge in [0.15, 0.2) is 0 Å². The second kappa shape index (κ2) is 4.31. The highest BCUT2D eigenvalue weighted by molar-refractivity contribution is 7.99. The third-order valence-electron chi connectivity index (χ3n) is 2.38. The Labute approximate surface area is 94.9 Å². The van der Waals surface area contributed by atoms with Crippen LogP contribution in [0.3, 0.4) is 0 Å². The molecule has 0 atom stereocenters. The van der Waals surface area contributed by atoms with E-state index in [4.69, 9.17) is 4.42 Å². The van der Waals surface area contributed by atoms with E-state index in [0.29, 0.717) is 5.25 Å². The molecular weight excluding hydrogens is 204 g/mol. The maximum absolute atomic E-state index is 5.55. The van der Waals surface area contributed by atoms with Crippen molar-refractivity contribution >= 4 is 22.7 Å². The fourth-order valence-electron chi connectivity index (χ4n) is 1.56. The summed E-state index contributed by atoms with van der Waals surface area (Å²) in [5, 5.41) is 1.93. The first-order valence-corrected chi connectivity index (χ1v) is 6.30. The van der Waals surface area contributed by atoms with Crippen molar-refractivity contribution in [2.24, 2.45) is 0 Å². The number of aryl methyl sites for hydroxylation is 1. The summed E-state index contributed by atoms with van der Waals surface area (Å²) < 4.78 is 5.55. The van der Waals surface area contributed by atoms with Crippen molar-refractivity contribution in [1.82, 2.24) is 0 Å². The van der Waals surface area contributed by atoms with Gasteiger partial charge in [0, 0.05) is 16.7 Å². The maximum Gasteiger partial charge on any atom is 0.134 e. The van der Waals surface area contributed by atoms with E-state index in [1.807, 2.05) is 18.0 Å². The van der Waals surface area contributed by atoms with Gasteiger partial charge >= 0.3 is 0 Å². The smallest absolute Gasteiger partial charge is 0.134 e. The van der Waals surface area contributed by atoms with Gasteiger partial charge in [0.25, 0.3) is 0 Å². The van der Waals surface area contributed by atoms with Crippen molar-refractivity contribution < 1.29 is 4.42 Å². The molecule has 0 radical (unpaired) electrons. The van der Waals surface area contributed by atoms with Crippen molar-refractivity contribution in [3.8, 4) is 0 Å². The van der Waals surface area contributed by atoms with Crippen LogP contribution in [0.15, 0.2) is 28.9 Å². The van der Waals surface area contributed by atoms with E-state index in [-0.39, 0.29) is 0 Å². The SMILES string of the molecule is Cc1ccc2c(CSC(C)C)coc2c1. The molecule has 0 aliphatic rings. The second-order valence-electron chi connectivity index (χ2n) is 4.12. The summed E-state index contributed by atoms with van der Waals surface area (Å²) in [4.78, 5) is 0. The number of thioether (sulfide) groups is 1. The molecule has 15 heavy (non-hydrogen) atoms. The van der Waals surface area contributed by atoms with E-state index < -0.39 is 0 Å². The predicted octanol–water partition coefficient (Wildman–Crippen LogP) is 4.38. The summed E-state index contributed by atoms with van der Waals surface area (Å²) in [6, 6.07) is 6.39. The van der Waals surface area contributed by atoms with Crippen molar-refractivity contribution in [3.05, 3.63) is 35.6 Å². The van der Waals surface area contributed by atoms with Crippen LogP contribution in [0.4, 0.5) is 0 Å². The summed E-state index contributed by atoms with van der Waals surface area (Å²) in [7, 11) is 0. The molecule has 80 valence electrons. The standard InChI is InChI=1S/C13H16OS/c1-9(2)15-8-11-7-14-13-6-10(3)4-5-12(11)13/h4-7,9H,8H2,1-3H3. The average molecular weight is 220 g/mol. The van der Waals surface area contributed by atoms with E-state index in [1.54, 1.807) is 0 Å². The number of furan rings is 1. The lowest BCUT2D eigenvalue weighted by atomic mass is 10.1. The number of hydrogen-bond acceptors (Lipinski definition) is 2. The fourth-order valence-corrected chi connectivity index (χ4v) is 2.30. The molecule has 0 unspecified atom stereocenters. The Bertz CT molecular complexity index is 457. The van der Waals surface area contributed by atoms with Gasteiger partial charge < -0.3 is 4.42 Å². The first kappa shape index (κ1) is 10.6. The highest BCUT2D eigenvalue weighted by Crippen LogP contribution is 2.27. The number of benzene rings is 1. The molecule has 1 heterocycles. The summed E-state index contributed by atoms with van der Waals surface area (Å²) in [5.41, 5.74) is 3.57. The van der Waals surface area contributed by atoms with E-state index >= 15 is 0 Å². The zero-order valence-corrected chi connectivity index (χ0v) is 10.2. The first-order valence-electron chi connectivity index (χ1n) is 5.25. The molecule has 0 spiro atoms. The lowest BCUT2D eigenvalue weighted by Gasteiger charge is -2.02. The summed E-state index contributed by atoms with van der Waals surface area (Å²) in [6.07, 6.45) is 1.89. The molecule has 0 saturated carbocycles. The Morgan fingerprint density at radius 2 is 2.13 bits per heavy atom. The van der Waals surface area contributed by atoms with Crippen LogP contribution in [0, 0.1) is 6.92 Å². The fraction of sp³-hybridized carbons (Fsp3) is 0.385. The van der Waals surface area contributed by atoms with Crippen molar-refractivity contribution in [2.45, 2.75) is 31.8 Å². The van der Waals surface area contributed by atoms with Crippen molar-refractivity contribution in [2.75, 3.05) is 0 Å². The van der Waals surface area contributed by atoms with Crippen molar-refractivity contribution in [3.63, 3.8) is 0 Å². The molecule has 1 aromatic heterocycles. The highest BCUT2D eigenvalue weighted by Gasteiger charge is 2.06. The van der Waals surface area contributed by atoms with Crippen LogP contribution in [0.1, 0.15) is 25.0 Å². The average Bonchev–Trinajstić information content (AvgIpc) is 2.57. The number of hydrogen-bond donors (Lipinski definition) is 0. The molecule has 2 aromatic rings. The maximum atomic E-state index is 5.55. The molecule has 0 saturated heterocycles. The van der Waals surface area contributed by atoms with Gasteiger partial charge in [-0.3, -0.25) is 0 Å². The van der Waals surface area contributed by atoms with Gasteiger partial charge in [0.2, 0.25) is 0 Å². The molecule has 0 fully saturated rings. The Morgan fingerprint density at radius 3 is 2.87 bits per heavy atom. The van der Waals surface area contributed by atoms with Gasteiger partial charge in [0.05, 0.1) is 6.26 Å². The van der Waals surface area contributed by atoms with Crippen LogP contribution in [0.5, 0.6) is 0 Å². The van der Waals surface area contributed by atoms with E-state index in [1.165, 1.54) is 16.5 Å². The molecular formula is C13H16OS. The summed E-state index contributed by atoms with van der Waals surface area (Å²) >= 11 is 1.95. The lowest BCUT2D eigenvalue weighted by molar-refractivity contribution is 0.612. The molecule has 2 rings (SSSR count). The van der Waals surface area contributed by atoms with Gasteiger partial charge in [-0.1, -0.05) is 26.0 Å². The molecule has 0 amide bonds. The van der Waals surface area contributed by atoms with Crippen LogP contribution in [-0.4, -0.2) is 5.25 Å². The highest BCUT2D eigenvalue weighted by atomic mass is 32.2. The third kappa shape index (κ3) is 2.37. The van der Waals surface area contributed by atoms with E-state index in [9.17, 15) is 0 Å². The second-order valence-corrected chi connectivity index (χ2v) is 5.69. The molecule has 0 bridgehead atoms. The van der Waals surface area contributed by atoms with Crippen LogP contribution in [-0.2, 0) is 5.75 Å². The van der Waals surface area contributed by atoms with Gasteiger partial charge in [-0.15, -0.1) is 0 Å². The Hall–Kier alpha value is -0.890. The van der Waals surface area contributed by atoms with E-state index in [2.05, 4.69) is 39.0 Å². The number of fused-ring (bicyclic) bond motifs is 1. The Balaban J connectivity index is 2.29. The predicted molar refractivity (Wildman–Crippen MR) is 67.4 cm³/mol. The van der Waals surface area contributed by atoms with Crippen LogP contribution < -0.4 is 0 Å². The topological polar surface area (TPSA) is 13.1 Å². The monoisotopic (exact) mass is 220 g/mol. The first-order chi connectivity index (χ1) is 7.16. The molecule has 2 heteroatoms. The third-order valence-corrected chi connectivity index (χ3v) is 3.53. The largest absolute Gasteiger partial charge is 0.464 e. The Kier molecular flexibility index (Phi) is 3.06. The normalized spacial score (nSPS) is 11.5. The van der Waals surface area contributed by atoms with Gasteiger partial charge in [-0.2, -0.15) is 11.8 Å². The summed E-state index contributed by atoms with van der Waals surface area (Å²) in [6.45, 7) is 6.53. The van der Waals surface area contributed by atoms with E-state index in [0.717, 1.165) is 11.3 Å². The minimum atomic E-state index is 0.667. The number of rotatable bonds is 3. The molecule has 0 aliphatic heterocycles. The van der Waals surface area contributed by atoms with Gasteiger partial charge in [-0.25, -0.2) is 0 Å². The summed E-state index contributed by atoms with van der Waals surface area (Å²) in [5.74, 6) is 1.04. The van der Waals surface area contributed by atoms with Crippen LogP contribution in [0.2, 0.25) is 0 Å². The van der Waals surface area contributed by atoms with Crippen LogP contribution >= 0.6 is 11.8 Å². The molecule has 0 N–H and O–H groups in total. The lowest BCUT2D eigenvalue weighted by Crippen LogP contribution is -1.87. The Morgan fingerprint density at radius 1 is 1.33 bits per heavy atom. The minimum absolute atomic E-state index is 0.667. The molecule has 1 aromatic carbocycles. The molecule has 0 aliphatic carbocycles. The van der Waals surface area contributed by atoms with Crippen molar-refractivity contribution in [1.29, 1.82) is 0 Å². The molecule has 1 nitrogen and oxygen atoms in total. The quantitative estimate of drug-likeness (QED) is 0.761. The zero-order chi connectivity index (χ0) is 10.8. The van der Waals surface area contributed by atoms with Gasteiger partial charge in [-0.05, 0) is 23.8 Å².